The summed E-state index contributed by atoms with van der Waals surface area (Å²) in [6.45, 7) is 5.48. The number of carbonyl (C=O) groups is 1. The Labute approximate surface area is 171 Å². The molecular weight excluding hydrogens is 434 g/mol. The van der Waals surface area contributed by atoms with Gasteiger partial charge in [-0.05, 0) is 42.8 Å². The van der Waals surface area contributed by atoms with E-state index in [0.29, 0.717) is 23.5 Å². The fourth-order valence-electron chi connectivity index (χ4n) is 3.12. The molecule has 9 heteroatoms. The summed E-state index contributed by atoms with van der Waals surface area (Å²) < 4.78 is 34.1. The Kier molecular flexibility index (Phi) is 5.86. The predicted molar refractivity (Wildman–Crippen MR) is 108 cm³/mol. The standard InChI is InChI=1S/C19H23BrF2N4O2/c1-19(2,3)28-18(27)26-5-4-15(13(22)9-26)25-17-10-6-11(20)12(21)7-16(10)24-8-14(17)23/h6-8,13-14,17H,4-5,9,23H2,1-3H3. The van der Waals surface area contributed by atoms with Gasteiger partial charge in [0.1, 0.15) is 11.4 Å². The summed E-state index contributed by atoms with van der Waals surface area (Å²) in [6.07, 6.45) is -0.188. The van der Waals surface area contributed by atoms with Crippen LogP contribution in [0.2, 0.25) is 0 Å². The van der Waals surface area contributed by atoms with Crippen LogP contribution in [0, 0.1) is 5.82 Å². The minimum atomic E-state index is -1.42. The number of piperidine rings is 1. The molecule has 2 aliphatic heterocycles. The van der Waals surface area contributed by atoms with E-state index in [0.717, 1.165) is 0 Å². The van der Waals surface area contributed by atoms with Crippen LogP contribution in [0.1, 0.15) is 38.8 Å². The number of hydrogen-bond donors (Lipinski definition) is 1. The molecule has 0 aromatic heterocycles. The molecule has 2 aliphatic rings. The predicted octanol–water partition coefficient (Wildman–Crippen LogP) is 4.09. The number of nitrogens with two attached hydrogens (primary N) is 1. The molecule has 3 unspecified atom stereocenters. The molecule has 0 bridgehead atoms. The Bertz CT molecular complexity index is 838. The lowest BCUT2D eigenvalue weighted by Gasteiger charge is -2.33. The number of hydrogen-bond acceptors (Lipinski definition) is 5. The highest BCUT2D eigenvalue weighted by atomic mass is 79.9. The smallest absolute Gasteiger partial charge is 0.410 e. The van der Waals surface area contributed by atoms with Crippen molar-refractivity contribution in [3.05, 3.63) is 28.0 Å². The van der Waals surface area contributed by atoms with E-state index >= 15 is 0 Å². The van der Waals surface area contributed by atoms with Gasteiger partial charge in [-0.2, -0.15) is 0 Å². The van der Waals surface area contributed by atoms with Crippen molar-refractivity contribution in [1.29, 1.82) is 0 Å². The van der Waals surface area contributed by atoms with Crippen molar-refractivity contribution in [2.75, 3.05) is 13.1 Å². The average molecular weight is 457 g/mol. The van der Waals surface area contributed by atoms with E-state index in [4.69, 9.17) is 10.5 Å². The molecule has 0 saturated carbocycles. The Morgan fingerprint density at radius 1 is 1.43 bits per heavy atom. The van der Waals surface area contributed by atoms with Crippen molar-refractivity contribution in [1.82, 2.24) is 4.90 Å². The number of nitrogens with zero attached hydrogens (tertiary/aromatic N) is 3. The van der Waals surface area contributed by atoms with Crippen molar-refractivity contribution in [2.24, 2.45) is 15.7 Å². The van der Waals surface area contributed by atoms with E-state index in [1.807, 2.05) is 0 Å². The van der Waals surface area contributed by atoms with Crippen molar-refractivity contribution >= 4 is 39.6 Å². The molecule has 2 heterocycles. The number of fused-ring (bicyclic) bond motifs is 1. The van der Waals surface area contributed by atoms with Gasteiger partial charge in [-0.3, -0.25) is 9.98 Å². The van der Waals surface area contributed by atoms with E-state index in [1.54, 1.807) is 26.8 Å². The molecule has 1 saturated heterocycles. The monoisotopic (exact) mass is 456 g/mol. The topological polar surface area (TPSA) is 80.3 Å². The lowest BCUT2D eigenvalue weighted by atomic mass is 9.95. The molecule has 0 radical (unpaired) electrons. The van der Waals surface area contributed by atoms with E-state index < -0.39 is 35.8 Å². The van der Waals surface area contributed by atoms with E-state index in [9.17, 15) is 13.6 Å². The average Bonchev–Trinajstić information content (AvgIpc) is 2.59. The first-order chi connectivity index (χ1) is 13.0. The second kappa shape index (κ2) is 7.87. The number of alkyl halides is 1. The number of likely N-dealkylation sites (tertiary alicyclic amines) is 1. The quantitative estimate of drug-likeness (QED) is 0.690. The van der Waals surface area contributed by atoms with Crippen LogP contribution in [0.5, 0.6) is 0 Å². The first-order valence-electron chi connectivity index (χ1n) is 9.02. The Morgan fingerprint density at radius 3 is 2.79 bits per heavy atom. The molecule has 2 N–H and O–H groups in total. The van der Waals surface area contributed by atoms with Crippen LogP contribution in [0.15, 0.2) is 26.6 Å². The molecule has 0 spiro atoms. The summed E-state index contributed by atoms with van der Waals surface area (Å²) in [6, 6.07) is 1.77. The molecule has 1 amide bonds. The molecule has 3 rings (SSSR count). The molecule has 152 valence electrons. The van der Waals surface area contributed by atoms with Crippen molar-refractivity contribution in [3.63, 3.8) is 0 Å². The summed E-state index contributed by atoms with van der Waals surface area (Å²) in [7, 11) is 0. The Balaban J connectivity index is 1.79. The highest BCUT2D eigenvalue weighted by Gasteiger charge is 2.33. The van der Waals surface area contributed by atoms with Gasteiger partial charge in [0.2, 0.25) is 0 Å². The normalized spacial score (nSPS) is 26.3. The minimum absolute atomic E-state index is 0.121. The highest BCUT2D eigenvalue weighted by Crippen LogP contribution is 2.37. The lowest BCUT2D eigenvalue weighted by Crippen LogP contribution is -2.47. The van der Waals surface area contributed by atoms with E-state index in [-0.39, 0.29) is 17.4 Å². The summed E-state index contributed by atoms with van der Waals surface area (Å²) in [5.41, 5.74) is 6.88. The Hall–Kier alpha value is -1.87. The largest absolute Gasteiger partial charge is 0.444 e. The molecule has 1 fully saturated rings. The van der Waals surface area contributed by atoms with Crippen LogP contribution in [-0.2, 0) is 4.74 Å². The van der Waals surface area contributed by atoms with E-state index in [1.165, 1.54) is 17.2 Å². The minimum Gasteiger partial charge on any atom is -0.444 e. The zero-order chi connectivity index (χ0) is 20.6. The third-order valence-electron chi connectivity index (χ3n) is 4.48. The highest BCUT2D eigenvalue weighted by molar-refractivity contribution is 9.10. The van der Waals surface area contributed by atoms with Crippen LogP contribution in [0.4, 0.5) is 19.3 Å². The van der Waals surface area contributed by atoms with Crippen molar-refractivity contribution < 1.29 is 18.3 Å². The number of benzene rings is 1. The van der Waals surface area contributed by atoms with Gasteiger partial charge in [-0.1, -0.05) is 0 Å². The van der Waals surface area contributed by atoms with Crippen LogP contribution in [0.25, 0.3) is 0 Å². The first-order valence-corrected chi connectivity index (χ1v) is 9.82. The maximum absolute atomic E-state index is 14.8. The molecule has 1 aromatic rings. The number of amides is 1. The number of ether oxygens (including phenoxy) is 1. The fourth-order valence-corrected chi connectivity index (χ4v) is 3.48. The number of rotatable bonds is 1. The summed E-state index contributed by atoms with van der Waals surface area (Å²) in [5, 5.41) is 0. The van der Waals surface area contributed by atoms with Gasteiger partial charge >= 0.3 is 6.09 Å². The summed E-state index contributed by atoms with van der Waals surface area (Å²) in [5.74, 6) is -0.438. The molecule has 28 heavy (non-hydrogen) atoms. The van der Waals surface area contributed by atoms with Crippen LogP contribution in [-0.4, -0.2) is 53.8 Å². The van der Waals surface area contributed by atoms with Gasteiger partial charge in [-0.25, -0.2) is 13.6 Å². The fraction of sp³-hybridized carbons (Fsp3) is 0.526. The van der Waals surface area contributed by atoms with Gasteiger partial charge < -0.3 is 15.4 Å². The number of aliphatic imine (C=N–C) groups is 2. The first kappa shape index (κ1) is 20.9. The third kappa shape index (κ3) is 4.57. The third-order valence-corrected chi connectivity index (χ3v) is 5.08. The van der Waals surface area contributed by atoms with E-state index in [2.05, 4.69) is 25.9 Å². The zero-order valence-electron chi connectivity index (χ0n) is 16.0. The van der Waals surface area contributed by atoms with Crippen molar-refractivity contribution in [3.8, 4) is 0 Å². The number of halogens is 3. The Morgan fingerprint density at radius 2 is 2.14 bits per heavy atom. The van der Waals surface area contributed by atoms with Gasteiger partial charge in [-0.15, -0.1) is 0 Å². The molecule has 1 aromatic carbocycles. The second-order valence-electron chi connectivity index (χ2n) is 7.89. The lowest BCUT2D eigenvalue weighted by molar-refractivity contribution is 0.0211. The summed E-state index contributed by atoms with van der Waals surface area (Å²) >= 11 is 3.16. The summed E-state index contributed by atoms with van der Waals surface area (Å²) in [4.78, 5) is 22.2. The van der Waals surface area contributed by atoms with Gasteiger partial charge in [0.25, 0.3) is 0 Å². The SMILES string of the molecule is CC(C)(C)OC(=O)N1CCC(=NC2c3cc(Br)c(F)cc3N=CC2N)C(F)C1. The van der Waals surface area contributed by atoms with Crippen LogP contribution < -0.4 is 5.73 Å². The number of carbonyl (C=O) groups excluding carboxylic acids is 1. The van der Waals surface area contributed by atoms with Crippen LogP contribution >= 0.6 is 15.9 Å². The second-order valence-corrected chi connectivity index (χ2v) is 8.74. The maximum atomic E-state index is 14.8. The van der Waals surface area contributed by atoms with Gasteiger partial charge in [0.15, 0.2) is 6.17 Å². The maximum Gasteiger partial charge on any atom is 0.410 e. The molecule has 3 atom stereocenters. The van der Waals surface area contributed by atoms with Gasteiger partial charge in [0.05, 0.1) is 34.5 Å². The van der Waals surface area contributed by atoms with Crippen LogP contribution in [0.3, 0.4) is 0 Å². The van der Waals surface area contributed by atoms with Gasteiger partial charge in [0, 0.05) is 30.8 Å². The van der Waals surface area contributed by atoms with Crippen molar-refractivity contribution in [2.45, 2.75) is 51.0 Å². The molecule has 0 aliphatic carbocycles. The molecule has 6 nitrogen and oxygen atoms in total. The zero-order valence-corrected chi connectivity index (χ0v) is 17.5. The molecular formula is C19H23BrF2N4O2.